The van der Waals surface area contributed by atoms with Crippen LogP contribution < -0.4 is 10.5 Å². The van der Waals surface area contributed by atoms with Crippen LogP contribution in [-0.4, -0.2) is 36.4 Å². The van der Waals surface area contributed by atoms with E-state index in [0.29, 0.717) is 6.54 Å². The maximum absolute atomic E-state index is 12.6. The smallest absolute Gasteiger partial charge is 0.247 e. The van der Waals surface area contributed by atoms with Crippen LogP contribution in [-0.2, 0) is 9.59 Å². The van der Waals surface area contributed by atoms with Crippen LogP contribution in [0.15, 0.2) is 30.3 Å². The Labute approximate surface area is 137 Å². The molecule has 1 atom stereocenters. The minimum Gasteiger partial charge on any atom is -0.497 e. The van der Waals surface area contributed by atoms with Crippen LogP contribution in [0, 0.1) is 0 Å². The summed E-state index contributed by atoms with van der Waals surface area (Å²) in [5, 5.41) is 0. The minimum atomic E-state index is -0.358. The number of hydrogen-bond acceptors (Lipinski definition) is 3. The van der Waals surface area contributed by atoms with Gasteiger partial charge in [-0.25, -0.2) is 0 Å². The van der Waals surface area contributed by atoms with Crippen LogP contribution in [0.25, 0.3) is 5.57 Å². The Kier molecular flexibility index (Phi) is 5.79. The zero-order valence-corrected chi connectivity index (χ0v) is 13.7. The van der Waals surface area contributed by atoms with E-state index in [4.69, 9.17) is 10.5 Å². The van der Waals surface area contributed by atoms with Crippen molar-refractivity contribution in [2.45, 2.75) is 38.6 Å². The van der Waals surface area contributed by atoms with Crippen molar-refractivity contribution in [2.24, 2.45) is 5.73 Å². The molecule has 1 heterocycles. The van der Waals surface area contributed by atoms with Crippen LogP contribution in [0.5, 0.6) is 5.75 Å². The second kappa shape index (κ2) is 7.81. The van der Waals surface area contributed by atoms with Gasteiger partial charge in [0.15, 0.2) is 0 Å². The Balaban J connectivity index is 2.15. The van der Waals surface area contributed by atoms with Gasteiger partial charge in [0, 0.05) is 25.1 Å². The Morgan fingerprint density at radius 1 is 1.39 bits per heavy atom. The van der Waals surface area contributed by atoms with Gasteiger partial charge in [-0.1, -0.05) is 12.1 Å². The molecule has 1 aromatic rings. The van der Waals surface area contributed by atoms with Crippen molar-refractivity contribution in [3.63, 3.8) is 0 Å². The molecule has 5 nitrogen and oxygen atoms in total. The van der Waals surface area contributed by atoms with Gasteiger partial charge in [0.25, 0.3) is 0 Å². The topological polar surface area (TPSA) is 72.6 Å². The molecule has 1 fully saturated rings. The molecule has 23 heavy (non-hydrogen) atoms. The van der Waals surface area contributed by atoms with Crippen LogP contribution >= 0.6 is 0 Å². The zero-order valence-electron chi connectivity index (χ0n) is 13.7. The lowest BCUT2D eigenvalue weighted by molar-refractivity contribution is -0.130. The van der Waals surface area contributed by atoms with Gasteiger partial charge in [-0.3, -0.25) is 9.59 Å². The molecule has 1 aliphatic rings. The van der Waals surface area contributed by atoms with Crippen LogP contribution in [0.1, 0.15) is 38.2 Å². The highest BCUT2D eigenvalue weighted by atomic mass is 16.5. The number of likely N-dealkylation sites (tertiary alicyclic amines) is 1. The van der Waals surface area contributed by atoms with E-state index >= 15 is 0 Å². The molecule has 0 saturated carbocycles. The average Bonchev–Trinajstić information content (AvgIpc) is 2.54. The Bertz CT molecular complexity index is 610. The first-order chi connectivity index (χ1) is 11.0. The second-order valence-corrected chi connectivity index (χ2v) is 5.91. The van der Waals surface area contributed by atoms with Gasteiger partial charge in [0.05, 0.1) is 7.11 Å². The molecule has 0 aliphatic carbocycles. The fraction of sp³-hybridized carbons (Fsp3) is 0.444. The van der Waals surface area contributed by atoms with Gasteiger partial charge in [0.1, 0.15) is 5.75 Å². The monoisotopic (exact) mass is 316 g/mol. The predicted octanol–water partition coefficient (Wildman–Crippen LogP) is 2.35. The third-order valence-corrected chi connectivity index (χ3v) is 4.21. The van der Waals surface area contributed by atoms with Crippen LogP contribution in [0.4, 0.5) is 0 Å². The fourth-order valence-electron chi connectivity index (χ4n) is 2.95. The van der Waals surface area contributed by atoms with E-state index in [2.05, 4.69) is 0 Å². The van der Waals surface area contributed by atoms with Crippen LogP contribution in [0.2, 0.25) is 0 Å². The first-order valence-electron chi connectivity index (χ1n) is 7.93. The number of carbonyl (C=O) groups excluding carboxylic acids is 2. The van der Waals surface area contributed by atoms with Gasteiger partial charge < -0.3 is 15.4 Å². The molecule has 124 valence electrons. The highest BCUT2D eigenvalue weighted by Gasteiger charge is 2.26. The van der Waals surface area contributed by atoms with Crippen molar-refractivity contribution >= 4 is 17.4 Å². The number of amides is 2. The summed E-state index contributed by atoms with van der Waals surface area (Å²) in [5.41, 5.74) is 7.12. The number of primary amides is 1. The molecule has 1 aromatic carbocycles. The normalized spacial score (nSPS) is 18.6. The molecule has 0 aromatic heterocycles. The van der Waals surface area contributed by atoms with E-state index in [1.54, 1.807) is 18.1 Å². The lowest BCUT2D eigenvalue weighted by Crippen LogP contribution is -2.44. The van der Waals surface area contributed by atoms with Crippen molar-refractivity contribution in [1.29, 1.82) is 0 Å². The Morgan fingerprint density at radius 3 is 2.87 bits per heavy atom. The highest BCUT2D eigenvalue weighted by Crippen LogP contribution is 2.23. The summed E-state index contributed by atoms with van der Waals surface area (Å²) in [7, 11) is 1.62. The fourth-order valence-corrected chi connectivity index (χ4v) is 2.95. The maximum atomic E-state index is 12.6. The number of carbonyl (C=O) groups is 2. The molecule has 1 saturated heterocycles. The van der Waals surface area contributed by atoms with Crippen molar-refractivity contribution in [3.05, 3.63) is 35.9 Å². The highest BCUT2D eigenvalue weighted by molar-refractivity contribution is 5.95. The molecule has 5 heteroatoms. The lowest BCUT2D eigenvalue weighted by Gasteiger charge is -2.34. The average molecular weight is 316 g/mol. The lowest BCUT2D eigenvalue weighted by atomic mass is 9.98. The van der Waals surface area contributed by atoms with E-state index in [0.717, 1.165) is 36.1 Å². The first kappa shape index (κ1) is 17.1. The molecule has 0 unspecified atom stereocenters. The number of rotatable bonds is 5. The third kappa shape index (κ3) is 4.58. The van der Waals surface area contributed by atoms with E-state index in [-0.39, 0.29) is 24.3 Å². The molecule has 2 rings (SSSR count). The Morgan fingerprint density at radius 2 is 2.17 bits per heavy atom. The van der Waals surface area contributed by atoms with E-state index in [9.17, 15) is 9.59 Å². The molecular weight excluding hydrogens is 292 g/mol. The molecule has 1 aliphatic heterocycles. The summed E-state index contributed by atoms with van der Waals surface area (Å²) in [6.45, 7) is 2.58. The van der Waals surface area contributed by atoms with Crippen molar-refractivity contribution in [1.82, 2.24) is 4.90 Å². The third-order valence-electron chi connectivity index (χ3n) is 4.21. The summed E-state index contributed by atoms with van der Waals surface area (Å²) in [6, 6.07) is 7.52. The molecular formula is C18H24N2O3. The number of methoxy groups -OCH3 is 1. The van der Waals surface area contributed by atoms with Gasteiger partial charge in [-0.05, 0) is 49.5 Å². The van der Waals surface area contributed by atoms with E-state index < -0.39 is 0 Å². The van der Waals surface area contributed by atoms with Crippen molar-refractivity contribution < 1.29 is 14.3 Å². The summed E-state index contributed by atoms with van der Waals surface area (Å²) in [5.74, 6) is 0.340. The van der Waals surface area contributed by atoms with E-state index in [1.807, 2.05) is 31.2 Å². The summed E-state index contributed by atoms with van der Waals surface area (Å²) < 4.78 is 5.21. The predicted molar refractivity (Wildman–Crippen MR) is 89.8 cm³/mol. The standard InChI is InChI=1S/C18H24N2O3/c1-13(14-6-5-8-16(11-14)23-2)10-18(22)20-9-4-3-7-15(20)12-17(19)21/h5-6,8,10-11,15H,3-4,7,9,12H2,1-2H3,(H2,19,21)/b13-10+/t15-/m1/s1. The number of hydrogen-bond donors (Lipinski definition) is 1. The first-order valence-corrected chi connectivity index (χ1v) is 7.93. The summed E-state index contributed by atoms with van der Waals surface area (Å²) in [6.07, 6.45) is 4.69. The molecule has 2 amide bonds. The minimum absolute atomic E-state index is 0.0590. The van der Waals surface area contributed by atoms with E-state index in [1.165, 1.54) is 0 Å². The van der Waals surface area contributed by atoms with Crippen LogP contribution in [0.3, 0.4) is 0 Å². The molecule has 0 spiro atoms. The Hall–Kier alpha value is -2.30. The number of piperidine rings is 1. The van der Waals surface area contributed by atoms with Crippen molar-refractivity contribution in [3.8, 4) is 5.75 Å². The number of allylic oxidation sites excluding steroid dienone is 1. The van der Waals surface area contributed by atoms with Gasteiger partial charge in [-0.15, -0.1) is 0 Å². The zero-order chi connectivity index (χ0) is 16.8. The second-order valence-electron chi connectivity index (χ2n) is 5.91. The number of nitrogens with zero attached hydrogens (tertiary/aromatic N) is 1. The van der Waals surface area contributed by atoms with Gasteiger partial charge in [-0.2, -0.15) is 0 Å². The number of benzene rings is 1. The summed E-state index contributed by atoms with van der Waals surface area (Å²) in [4.78, 5) is 25.6. The quantitative estimate of drug-likeness (QED) is 0.848. The molecule has 0 radical (unpaired) electrons. The number of nitrogens with two attached hydrogens (primary N) is 1. The van der Waals surface area contributed by atoms with Gasteiger partial charge in [0.2, 0.25) is 11.8 Å². The summed E-state index contributed by atoms with van der Waals surface area (Å²) >= 11 is 0. The van der Waals surface area contributed by atoms with Gasteiger partial charge >= 0.3 is 0 Å². The molecule has 0 bridgehead atoms. The largest absolute Gasteiger partial charge is 0.497 e. The number of ether oxygens (including phenoxy) is 1. The SMILES string of the molecule is COc1cccc(/C(C)=C/C(=O)N2CCCC[C@@H]2CC(N)=O)c1. The molecule has 2 N–H and O–H groups in total. The van der Waals surface area contributed by atoms with Crippen molar-refractivity contribution in [2.75, 3.05) is 13.7 Å². The maximum Gasteiger partial charge on any atom is 0.247 e.